The number of amides is 3. The SMILES string of the molecule is NCCCCC(NC(=O)C(N)CC(=O)O)C(=O)NC(CCC(=O)O)C(=O)NC(CC(=O)O)C(=O)O. The van der Waals surface area contributed by atoms with Gasteiger partial charge in [0.05, 0.1) is 18.9 Å². The van der Waals surface area contributed by atoms with Crippen molar-refractivity contribution in [1.29, 1.82) is 0 Å². The fourth-order valence-electron chi connectivity index (χ4n) is 2.78. The largest absolute Gasteiger partial charge is 0.481 e. The van der Waals surface area contributed by atoms with Gasteiger partial charge in [-0.05, 0) is 32.2 Å². The molecule has 0 heterocycles. The minimum absolute atomic E-state index is 0.0125. The molecule has 0 spiro atoms. The van der Waals surface area contributed by atoms with Crippen LogP contribution in [0.25, 0.3) is 0 Å². The van der Waals surface area contributed by atoms with Crippen LogP contribution in [-0.2, 0) is 33.6 Å². The smallest absolute Gasteiger partial charge is 0.326 e. The van der Waals surface area contributed by atoms with Gasteiger partial charge in [-0.1, -0.05) is 0 Å². The molecule has 0 rings (SSSR count). The zero-order chi connectivity index (χ0) is 27.1. The van der Waals surface area contributed by atoms with Crippen molar-refractivity contribution in [2.75, 3.05) is 6.54 Å². The molecule has 198 valence electrons. The van der Waals surface area contributed by atoms with Crippen LogP contribution in [0.4, 0.5) is 0 Å². The number of carboxylic acid groups (broad SMARTS) is 4. The molecular weight excluding hydrogens is 474 g/mol. The Morgan fingerprint density at radius 2 is 1.11 bits per heavy atom. The van der Waals surface area contributed by atoms with Gasteiger partial charge in [0, 0.05) is 6.42 Å². The van der Waals surface area contributed by atoms with E-state index >= 15 is 0 Å². The predicted molar refractivity (Wildman–Crippen MR) is 116 cm³/mol. The average Bonchev–Trinajstić information content (AvgIpc) is 2.74. The van der Waals surface area contributed by atoms with Gasteiger partial charge < -0.3 is 47.8 Å². The number of nitrogens with one attached hydrogen (secondary N) is 3. The first-order valence-corrected chi connectivity index (χ1v) is 10.5. The summed E-state index contributed by atoms with van der Waals surface area (Å²) in [6.45, 7) is 0.268. The topological polar surface area (TPSA) is 289 Å². The predicted octanol–water partition coefficient (Wildman–Crippen LogP) is -3.20. The number of hydrogen-bond donors (Lipinski definition) is 9. The van der Waals surface area contributed by atoms with E-state index in [9.17, 15) is 33.6 Å². The van der Waals surface area contributed by atoms with Crippen LogP contribution in [0.15, 0.2) is 0 Å². The van der Waals surface area contributed by atoms with Gasteiger partial charge in [0.2, 0.25) is 17.7 Å². The number of carbonyl (C=O) groups is 7. The quantitative estimate of drug-likeness (QED) is 0.0830. The molecule has 0 radical (unpaired) electrons. The fraction of sp³-hybridized carbons (Fsp3) is 0.632. The summed E-state index contributed by atoms with van der Waals surface area (Å²) in [4.78, 5) is 81.4. The summed E-state index contributed by atoms with van der Waals surface area (Å²) in [5.74, 6) is -8.93. The van der Waals surface area contributed by atoms with E-state index in [1.54, 1.807) is 0 Å². The first kappa shape index (κ1) is 31.2. The summed E-state index contributed by atoms with van der Waals surface area (Å²) in [6, 6.07) is -6.21. The van der Waals surface area contributed by atoms with Crippen molar-refractivity contribution < 1.29 is 54.0 Å². The van der Waals surface area contributed by atoms with E-state index in [-0.39, 0.29) is 13.0 Å². The Morgan fingerprint density at radius 1 is 0.629 bits per heavy atom. The molecule has 35 heavy (non-hydrogen) atoms. The van der Waals surface area contributed by atoms with E-state index in [1.807, 2.05) is 5.32 Å². The molecule has 4 atom stereocenters. The van der Waals surface area contributed by atoms with Crippen LogP contribution in [0.3, 0.4) is 0 Å². The third-order valence-electron chi connectivity index (χ3n) is 4.58. The minimum Gasteiger partial charge on any atom is -0.481 e. The second-order valence-electron chi connectivity index (χ2n) is 7.54. The maximum atomic E-state index is 12.8. The Labute approximate surface area is 199 Å². The van der Waals surface area contributed by atoms with Crippen LogP contribution in [0, 0.1) is 0 Å². The number of carbonyl (C=O) groups excluding carboxylic acids is 3. The highest BCUT2D eigenvalue weighted by atomic mass is 16.4. The van der Waals surface area contributed by atoms with E-state index in [0.717, 1.165) is 0 Å². The molecule has 0 aromatic carbocycles. The molecule has 0 aliphatic heterocycles. The summed E-state index contributed by atoms with van der Waals surface area (Å²) >= 11 is 0. The molecule has 16 heteroatoms. The van der Waals surface area contributed by atoms with Gasteiger partial charge in [-0.25, -0.2) is 4.79 Å². The lowest BCUT2D eigenvalue weighted by atomic mass is 10.0. The lowest BCUT2D eigenvalue weighted by Gasteiger charge is -2.24. The Bertz CT molecular complexity index is 804. The maximum absolute atomic E-state index is 12.8. The summed E-state index contributed by atoms with van der Waals surface area (Å²) in [6.07, 6.45) is -1.96. The van der Waals surface area contributed by atoms with Gasteiger partial charge in [0.1, 0.15) is 18.1 Å². The molecule has 16 nitrogen and oxygen atoms in total. The van der Waals surface area contributed by atoms with Crippen molar-refractivity contribution in [2.24, 2.45) is 11.5 Å². The molecule has 0 fully saturated rings. The van der Waals surface area contributed by atoms with Crippen molar-refractivity contribution >= 4 is 41.6 Å². The minimum atomic E-state index is -1.85. The molecule has 0 bridgehead atoms. The number of hydrogen-bond acceptors (Lipinski definition) is 9. The Hall–Kier alpha value is -3.79. The van der Waals surface area contributed by atoms with Crippen molar-refractivity contribution in [2.45, 2.75) is 69.1 Å². The average molecular weight is 505 g/mol. The highest BCUT2D eigenvalue weighted by Gasteiger charge is 2.31. The lowest BCUT2D eigenvalue weighted by Crippen LogP contribution is -2.57. The molecule has 0 aliphatic carbocycles. The summed E-state index contributed by atoms with van der Waals surface area (Å²) < 4.78 is 0. The molecule has 0 saturated carbocycles. The fourth-order valence-corrected chi connectivity index (χ4v) is 2.78. The Kier molecular flexibility index (Phi) is 14.2. The molecule has 0 aliphatic rings. The van der Waals surface area contributed by atoms with E-state index in [1.165, 1.54) is 0 Å². The van der Waals surface area contributed by atoms with Gasteiger partial charge >= 0.3 is 23.9 Å². The third kappa shape index (κ3) is 13.5. The molecule has 0 aromatic heterocycles. The normalized spacial score (nSPS) is 14.0. The number of carboxylic acids is 4. The van der Waals surface area contributed by atoms with Gasteiger partial charge in [0.15, 0.2) is 0 Å². The zero-order valence-corrected chi connectivity index (χ0v) is 18.8. The van der Waals surface area contributed by atoms with E-state index in [4.69, 9.17) is 31.9 Å². The summed E-state index contributed by atoms with van der Waals surface area (Å²) in [5.41, 5.74) is 10.9. The van der Waals surface area contributed by atoms with Gasteiger partial charge in [-0.3, -0.25) is 28.8 Å². The lowest BCUT2D eigenvalue weighted by molar-refractivity contribution is -0.147. The third-order valence-corrected chi connectivity index (χ3v) is 4.58. The first-order valence-electron chi connectivity index (χ1n) is 10.5. The number of unbranched alkanes of at least 4 members (excludes halogenated alkanes) is 1. The van der Waals surface area contributed by atoms with Crippen LogP contribution in [0.2, 0.25) is 0 Å². The molecule has 11 N–H and O–H groups in total. The van der Waals surface area contributed by atoms with E-state index < -0.39 is 91.4 Å². The van der Waals surface area contributed by atoms with Gasteiger partial charge in [-0.2, -0.15) is 0 Å². The highest BCUT2D eigenvalue weighted by molar-refractivity contribution is 5.95. The van der Waals surface area contributed by atoms with Crippen LogP contribution in [0.5, 0.6) is 0 Å². The first-order chi connectivity index (χ1) is 16.3. The Balaban J connectivity index is 5.61. The van der Waals surface area contributed by atoms with Crippen LogP contribution < -0.4 is 27.4 Å². The second kappa shape index (κ2) is 15.9. The maximum Gasteiger partial charge on any atom is 0.326 e. The van der Waals surface area contributed by atoms with E-state index in [0.29, 0.717) is 12.8 Å². The monoisotopic (exact) mass is 505 g/mol. The summed E-state index contributed by atoms with van der Waals surface area (Å²) in [5, 5.41) is 42.0. The standard InChI is InChI=1S/C19H31N5O11/c20-6-2-1-3-10(22-16(31)9(21)7-14(27)28)17(32)23-11(4-5-13(25)26)18(33)24-12(19(34)35)8-15(29)30/h9-12H,1-8,20-21H2,(H,22,31)(H,23,32)(H,24,33)(H,25,26)(H,27,28)(H,29,30)(H,34,35). The molecule has 0 aromatic rings. The van der Waals surface area contributed by atoms with Crippen LogP contribution in [-0.4, -0.2) is 92.7 Å². The van der Waals surface area contributed by atoms with E-state index in [2.05, 4.69) is 10.6 Å². The molecule has 3 amide bonds. The van der Waals surface area contributed by atoms with Crippen molar-refractivity contribution in [3.8, 4) is 0 Å². The van der Waals surface area contributed by atoms with Crippen molar-refractivity contribution in [3.05, 3.63) is 0 Å². The Morgan fingerprint density at radius 3 is 1.57 bits per heavy atom. The van der Waals surface area contributed by atoms with Gasteiger partial charge in [-0.15, -0.1) is 0 Å². The van der Waals surface area contributed by atoms with Crippen LogP contribution in [0.1, 0.15) is 44.9 Å². The second-order valence-corrected chi connectivity index (χ2v) is 7.54. The summed E-state index contributed by atoms with van der Waals surface area (Å²) in [7, 11) is 0. The number of rotatable bonds is 18. The van der Waals surface area contributed by atoms with Crippen molar-refractivity contribution in [1.82, 2.24) is 16.0 Å². The molecule has 0 saturated heterocycles. The van der Waals surface area contributed by atoms with Gasteiger partial charge in [0.25, 0.3) is 0 Å². The highest BCUT2D eigenvalue weighted by Crippen LogP contribution is 2.06. The number of aliphatic carboxylic acids is 4. The zero-order valence-electron chi connectivity index (χ0n) is 18.8. The molecule has 4 unspecified atom stereocenters. The van der Waals surface area contributed by atoms with Crippen molar-refractivity contribution in [3.63, 3.8) is 0 Å². The molecular formula is C19H31N5O11. The number of nitrogens with two attached hydrogens (primary N) is 2. The van der Waals surface area contributed by atoms with Crippen LogP contribution >= 0.6 is 0 Å².